The summed E-state index contributed by atoms with van der Waals surface area (Å²) in [6, 6.07) is 7.55. The molecule has 2 rings (SSSR count). The van der Waals surface area contributed by atoms with E-state index in [2.05, 4.69) is 15.9 Å². The lowest BCUT2D eigenvalue weighted by Crippen LogP contribution is -2.03. The first-order valence-corrected chi connectivity index (χ1v) is 8.55. The summed E-state index contributed by atoms with van der Waals surface area (Å²) in [6.07, 6.45) is 0. The number of hydrogen-bond donors (Lipinski definition) is 0. The van der Waals surface area contributed by atoms with Gasteiger partial charge in [0, 0.05) is 10.0 Å². The summed E-state index contributed by atoms with van der Waals surface area (Å²) in [4.78, 5) is 11.8. The average molecular weight is 334 g/mol. The maximum atomic E-state index is 11.8. The highest BCUT2D eigenvalue weighted by Crippen LogP contribution is 2.21. The minimum atomic E-state index is 0.207. The number of Topliss-reactive ketones (excluding diaryl/α,β-unsaturated/α-hetero) is 1. The van der Waals surface area contributed by atoms with Gasteiger partial charge >= 0.3 is 0 Å². The summed E-state index contributed by atoms with van der Waals surface area (Å²) < 4.78 is 2.35. The van der Waals surface area contributed by atoms with Crippen LogP contribution in [-0.2, 0) is 11.4 Å². The molecule has 1 aliphatic rings. The number of carbonyl (C=O) groups is 1. The van der Waals surface area contributed by atoms with Crippen LogP contribution in [-0.4, -0.2) is 26.6 Å². The number of ketones is 1. The van der Waals surface area contributed by atoms with Crippen molar-refractivity contribution in [2.75, 3.05) is 17.3 Å². The Morgan fingerprint density at radius 3 is 2.81 bits per heavy atom. The van der Waals surface area contributed by atoms with Gasteiger partial charge in [0.25, 0.3) is 3.53 Å². The zero-order valence-electron chi connectivity index (χ0n) is 8.44. The Balaban J connectivity index is 1.90. The van der Waals surface area contributed by atoms with E-state index in [1.807, 2.05) is 47.4 Å². The Hall–Kier alpha value is 0.160. The quantitative estimate of drug-likeness (QED) is 0.480. The van der Waals surface area contributed by atoms with Gasteiger partial charge in [-0.25, -0.2) is 0 Å². The Morgan fingerprint density at radius 2 is 2.19 bits per heavy atom. The molecule has 0 fully saturated rings. The van der Waals surface area contributed by atoms with Crippen molar-refractivity contribution in [2.24, 2.45) is 0 Å². The first-order chi connectivity index (χ1) is 7.75. The van der Waals surface area contributed by atoms with Gasteiger partial charge in [-0.05, 0) is 23.9 Å². The third-order valence-corrected chi connectivity index (χ3v) is 6.85. The van der Waals surface area contributed by atoms with Crippen LogP contribution >= 0.6 is 39.5 Å². The molecule has 5 heteroatoms. The lowest BCUT2D eigenvalue weighted by molar-refractivity contribution is 0.102. The van der Waals surface area contributed by atoms with Crippen LogP contribution in [0.5, 0.6) is 0 Å². The highest BCUT2D eigenvalue weighted by atomic mass is 79.9. The number of halogens is 1. The summed E-state index contributed by atoms with van der Waals surface area (Å²) in [5.41, 5.74) is 0.796. The Kier molecular flexibility index (Phi) is 4.88. The molecule has 1 aromatic rings. The fourth-order valence-corrected chi connectivity index (χ4v) is 5.25. The second-order valence-corrected chi connectivity index (χ2v) is 8.05. The van der Waals surface area contributed by atoms with E-state index in [-0.39, 0.29) is 5.78 Å². The van der Waals surface area contributed by atoms with E-state index in [1.165, 1.54) is 15.0 Å². The third kappa shape index (κ3) is 3.58. The van der Waals surface area contributed by atoms with Crippen molar-refractivity contribution in [2.45, 2.75) is 0 Å². The zero-order chi connectivity index (χ0) is 11.4. The van der Waals surface area contributed by atoms with E-state index >= 15 is 0 Å². The molecule has 1 aromatic carbocycles. The van der Waals surface area contributed by atoms with E-state index in [9.17, 15) is 4.79 Å². The zero-order valence-corrected chi connectivity index (χ0v) is 12.5. The van der Waals surface area contributed by atoms with Crippen LogP contribution in [0, 0.1) is 0 Å². The molecule has 1 aliphatic heterocycles. The molecule has 0 amide bonds. The molecular weight excluding hydrogens is 324 g/mol. The minimum absolute atomic E-state index is 0.207. The van der Waals surface area contributed by atoms with Crippen molar-refractivity contribution >= 4 is 60.1 Å². The molecule has 1 nitrogen and oxygen atoms in total. The fraction of sp³-hybridized carbons (Fsp3) is 0.273. The first-order valence-electron chi connectivity index (χ1n) is 4.80. The van der Waals surface area contributed by atoms with Crippen molar-refractivity contribution in [3.63, 3.8) is 0 Å². The molecule has 16 heavy (non-hydrogen) atoms. The van der Waals surface area contributed by atoms with Crippen molar-refractivity contribution in [1.82, 2.24) is 0 Å². The molecule has 0 saturated heterocycles. The Labute approximate surface area is 116 Å². The van der Waals surface area contributed by atoms with Gasteiger partial charge in [-0.15, -0.1) is 0 Å². The van der Waals surface area contributed by atoms with Crippen LogP contribution in [0.3, 0.4) is 0 Å². The standard InChI is InChI=1S/C11H10BrOS3/c12-9-3-1-8(2-4-9)10(13)7-16-11-14-5-6-15-11/h1-4H,5-7H2/q+1. The predicted octanol–water partition coefficient (Wildman–Crippen LogP) is 3.28. The summed E-state index contributed by atoms with van der Waals surface area (Å²) in [6.45, 7) is 0. The van der Waals surface area contributed by atoms with Gasteiger partial charge in [0.1, 0.15) is 0 Å². The molecule has 1 heterocycles. The van der Waals surface area contributed by atoms with Crippen molar-refractivity contribution in [1.29, 1.82) is 0 Å². The second-order valence-electron chi connectivity index (χ2n) is 3.17. The van der Waals surface area contributed by atoms with Gasteiger partial charge < -0.3 is 0 Å². The van der Waals surface area contributed by atoms with Crippen molar-refractivity contribution in [3.8, 4) is 0 Å². The highest BCUT2D eigenvalue weighted by Gasteiger charge is 2.21. The molecular formula is C11H10BrOS3+. The summed E-state index contributed by atoms with van der Waals surface area (Å²) in [7, 11) is 0. The lowest BCUT2D eigenvalue weighted by Gasteiger charge is -1.98. The molecule has 0 aliphatic carbocycles. The number of benzene rings is 1. The molecule has 84 valence electrons. The van der Waals surface area contributed by atoms with Gasteiger partial charge in [-0.1, -0.05) is 39.8 Å². The fourth-order valence-electron chi connectivity index (χ4n) is 1.22. The van der Waals surface area contributed by atoms with Gasteiger partial charge in [0.15, 0.2) is 22.9 Å². The van der Waals surface area contributed by atoms with Crippen LogP contribution in [0.4, 0.5) is 0 Å². The average Bonchev–Trinajstić information content (AvgIpc) is 2.80. The van der Waals surface area contributed by atoms with Crippen LogP contribution in [0.15, 0.2) is 28.7 Å². The maximum absolute atomic E-state index is 11.8. The van der Waals surface area contributed by atoms with Gasteiger partial charge in [-0.3, -0.25) is 4.79 Å². The normalized spacial score (nSPS) is 14.9. The second kappa shape index (κ2) is 6.19. The SMILES string of the molecule is O=C(CSC1=[S+]CCS1)c1ccc(Br)cc1. The number of carbonyl (C=O) groups excluding carboxylic acids is 1. The molecule has 0 atom stereocenters. The topological polar surface area (TPSA) is 17.1 Å². The van der Waals surface area contributed by atoms with E-state index in [1.54, 1.807) is 11.8 Å². The van der Waals surface area contributed by atoms with Crippen LogP contribution < -0.4 is 0 Å². The smallest absolute Gasteiger partial charge is 0.292 e. The predicted molar refractivity (Wildman–Crippen MR) is 80.6 cm³/mol. The Morgan fingerprint density at radius 1 is 1.44 bits per heavy atom. The molecule has 0 spiro atoms. The number of thioether (sulfide) groups is 2. The monoisotopic (exact) mass is 333 g/mol. The molecule has 0 bridgehead atoms. The molecule has 0 unspecified atom stereocenters. The minimum Gasteiger partial charge on any atom is -0.293 e. The summed E-state index contributed by atoms with van der Waals surface area (Å²) >= 11 is 8.76. The van der Waals surface area contributed by atoms with Gasteiger partial charge in [0.05, 0.1) is 11.5 Å². The molecule has 0 N–H and O–H groups in total. The lowest BCUT2D eigenvalue weighted by atomic mass is 10.2. The third-order valence-electron chi connectivity index (χ3n) is 2.01. The van der Waals surface area contributed by atoms with Crippen molar-refractivity contribution < 1.29 is 4.79 Å². The first kappa shape index (κ1) is 12.6. The van der Waals surface area contributed by atoms with E-state index in [0.717, 1.165) is 10.0 Å². The van der Waals surface area contributed by atoms with E-state index in [4.69, 9.17) is 0 Å². The summed E-state index contributed by atoms with van der Waals surface area (Å²) in [5.74, 6) is 3.12. The van der Waals surface area contributed by atoms with Crippen molar-refractivity contribution in [3.05, 3.63) is 34.3 Å². The highest BCUT2D eigenvalue weighted by molar-refractivity contribution is 9.10. The van der Waals surface area contributed by atoms with Gasteiger partial charge in [-0.2, -0.15) is 0 Å². The van der Waals surface area contributed by atoms with Crippen LogP contribution in [0.2, 0.25) is 0 Å². The van der Waals surface area contributed by atoms with Crippen LogP contribution in [0.25, 0.3) is 0 Å². The largest absolute Gasteiger partial charge is 0.293 e. The molecule has 0 aromatic heterocycles. The molecule has 0 radical (unpaired) electrons. The number of hydrogen-bond acceptors (Lipinski definition) is 3. The van der Waals surface area contributed by atoms with E-state index < -0.39 is 0 Å². The summed E-state index contributed by atoms with van der Waals surface area (Å²) in [5, 5.41) is 0. The Bertz CT molecular complexity index is 414. The maximum Gasteiger partial charge on any atom is 0.292 e. The number of rotatable bonds is 3. The molecule has 0 saturated carbocycles. The van der Waals surface area contributed by atoms with Crippen LogP contribution in [0.1, 0.15) is 10.4 Å². The van der Waals surface area contributed by atoms with E-state index in [0.29, 0.717) is 5.75 Å². The van der Waals surface area contributed by atoms with Gasteiger partial charge in [0.2, 0.25) is 0 Å².